The molecule has 31 heavy (non-hydrogen) atoms. The third-order valence-electron chi connectivity index (χ3n) is 4.83. The van der Waals surface area contributed by atoms with Crippen LogP contribution in [0.1, 0.15) is 30.9 Å². The summed E-state index contributed by atoms with van der Waals surface area (Å²) in [5.41, 5.74) is 3.57. The maximum atomic E-state index is 12.2. The molecule has 0 unspecified atom stereocenters. The maximum Gasteiger partial charge on any atom is 0.354 e. The number of ether oxygens (including phenoxy) is 2. The molecule has 3 rings (SSSR count). The molecule has 0 spiro atoms. The number of unbranched alkanes of at least 4 members (excludes halogenated alkanes) is 1. The lowest BCUT2D eigenvalue weighted by Crippen LogP contribution is -2.29. The molecule has 0 radical (unpaired) electrons. The number of rotatable bonds is 11. The van der Waals surface area contributed by atoms with E-state index in [1.54, 1.807) is 13.0 Å². The molecule has 1 aromatic heterocycles. The Kier molecular flexibility index (Phi) is 8.29. The van der Waals surface area contributed by atoms with E-state index in [4.69, 9.17) is 9.47 Å². The quantitative estimate of drug-likeness (QED) is 0.275. The van der Waals surface area contributed by atoms with Gasteiger partial charge in [-0.2, -0.15) is 0 Å². The number of aryl methyl sites for hydroxylation is 1. The molecule has 2 aromatic carbocycles. The molecule has 1 heterocycles. The van der Waals surface area contributed by atoms with E-state index < -0.39 is 11.9 Å². The number of hydrogen-bond acceptors (Lipinski definition) is 5. The van der Waals surface area contributed by atoms with Crippen molar-refractivity contribution in [2.45, 2.75) is 32.8 Å². The van der Waals surface area contributed by atoms with Crippen LogP contribution in [0.15, 0.2) is 72.6 Å². The van der Waals surface area contributed by atoms with Crippen LogP contribution in [0.5, 0.6) is 0 Å². The van der Waals surface area contributed by atoms with Gasteiger partial charge in [0.1, 0.15) is 18.8 Å². The summed E-state index contributed by atoms with van der Waals surface area (Å²) in [5, 5.41) is 4.09. The first-order valence-electron chi connectivity index (χ1n) is 10.5. The number of aromatic amines is 1. The van der Waals surface area contributed by atoms with Crippen LogP contribution in [0.3, 0.4) is 0 Å². The lowest BCUT2D eigenvalue weighted by Gasteiger charge is -2.10. The van der Waals surface area contributed by atoms with E-state index in [9.17, 15) is 9.59 Å². The summed E-state index contributed by atoms with van der Waals surface area (Å²) < 4.78 is 10.3. The van der Waals surface area contributed by atoms with E-state index in [0.717, 1.165) is 23.9 Å². The molecule has 0 bridgehead atoms. The van der Waals surface area contributed by atoms with Crippen LogP contribution in [-0.2, 0) is 32.1 Å². The average Bonchev–Trinajstić information content (AvgIpc) is 3.21. The van der Waals surface area contributed by atoms with Gasteiger partial charge in [0.25, 0.3) is 0 Å². The van der Waals surface area contributed by atoms with E-state index in [1.807, 2.05) is 48.7 Å². The first-order valence-corrected chi connectivity index (χ1v) is 10.5. The van der Waals surface area contributed by atoms with Gasteiger partial charge in [0.15, 0.2) is 0 Å². The van der Waals surface area contributed by atoms with Gasteiger partial charge in [-0.05, 0) is 43.4 Å². The Balaban J connectivity index is 1.50. The number of aromatic nitrogens is 1. The van der Waals surface area contributed by atoms with Crippen molar-refractivity contribution >= 4 is 22.8 Å². The molecule has 0 fully saturated rings. The van der Waals surface area contributed by atoms with Crippen molar-refractivity contribution in [1.29, 1.82) is 0 Å². The fourth-order valence-electron chi connectivity index (χ4n) is 3.27. The van der Waals surface area contributed by atoms with Crippen LogP contribution in [0, 0.1) is 0 Å². The highest BCUT2D eigenvalue weighted by Crippen LogP contribution is 2.19. The van der Waals surface area contributed by atoms with E-state index in [2.05, 4.69) is 22.4 Å². The van der Waals surface area contributed by atoms with Crippen molar-refractivity contribution in [3.63, 3.8) is 0 Å². The maximum absolute atomic E-state index is 12.2. The Morgan fingerprint density at radius 2 is 1.81 bits per heavy atom. The van der Waals surface area contributed by atoms with Crippen molar-refractivity contribution in [2.75, 3.05) is 13.2 Å². The second kappa shape index (κ2) is 11.6. The summed E-state index contributed by atoms with van der Waals surface area (Å²) in [7, 11) is 0. The van der Waals surface area contributed by atoms with Crippen LogP contribution in [0.4, 0.5) is 0 Å². The number of fused-ring (bicyclic) bond motifs is 1. The fraction of sp³-hybridized carbons (Fsp3) is 0.280. The first kappa shape index (κ1) is 22.2. The smallest absolute Gasteiger partial charge is 0.354 e. The highest BCUT2D eigenvalue weighted by molar-refractivity contribution is 5.88. The van der Waals surface area contributed by atoms with Crippen molar-refractivity contribution in [3.05, 3.63) is 83.7 Å². The van der Waals surface area contributed by atoms with Crippen LogP contribution in [0.25, 0.3) is 10.9 Å². The van der Waals surface area contributed by atoms with E-state index in [1.165, 1.54) is 10.9 Å². The van der Waals surface area contributed by atoms with Gasteiger partial charge >= 0.3 is 11.9 Å². The van der Waals surface area contributed by atoms with Gasteiger partial charge < -0.3 is 19.8 Å². The van der Waals surface area contributed by atoms with Gasteiger partial charge in [-0.25, -0.2) is 4.79 Å². The molecular weight excluding hydrogens is 392 g/mol. The minimum absolute atomic E-state index is 0.0973. The van der Waals surface area contributed by atoms with E-state index in [-0.39, 0.29) is 25.5 Å². The number of hydrogen-bond donors (Lipinski definition) is 2. The Labute approximate surface area is 182 Å². The predicted octanol–water partition coefficient (Wildman–Crippen LogP) is 4.27. The van der Waals surface area contributed by atoms with Gasteiger partial charge in [0.2, 0.25) is 0 Å². The molecule has 2 N–H and O–H groups in total. The average molecular weight is 421 g/mol. The molecule has 0 atom stereocenters. The second-order valence-electron chi connectivity index (χ2n) is 7.09. The number of benzene rings is 2. The third kappa shape index (κ3) is 6.74. The third-order valence-corrected chi connectivity index (χ3v) is 4.83. The number of carbonyl (C=O) groups excluding carboxylic acids is 2. The molecular formula is C25H28N2O4. The minimum Gasteiger partial charge on any atom is -0.461 e. The van der Waals surface area contributed by atoms with E-state index >= 15 is 0 Å². The number of H-pyrrole nitrogens is 1. The molecule has 0 amide bonds. The molecule has 6 nitrogen and oxygen atoms in total. The summed E-state index contributed by atoms with van der Waals surface area (Å²) in [6.07, 6.45) is 6.25. The standard InChI is InChI=1S/C25H28N2O4/c1-2-30-25(29)23(27-17-24(28)31-18-19-10-4-3-5-11-19)15-8-6-12-20-16-26-22-14-9-7-13-21(20)22/h3-5,7,9-11,13-16,26-27H,2,6,8,12,17-18H2,1H3/b23-15-. The fourth-order valence-corrected chi connectivity index (χ4v) is 3.27. The molecule has 0 saturated carbocycles. The van der Waals surface area contributed by atoms with Crippen molar-refractivity contribution in [1.82, 2.24) is 10.3 Å². The minimum atomic E-state index is -0.467. The number of carbonyl (C=O) groups is 2. The molecule has 3 aromatic rings. The highest BCUT2D eigenvalue weighted by Gasteiger charge is 2.12. The van der Waals surface area contributed by atoms with Crippen LogP contribution in [0.2, 0.25) is 0 Å². The number of allylic oxidation sites excluding steroid dienone is 1. The summed E-state index contributed by atoms with van der Waals surface area (Å²) >= 11 is 0. The summed E-state index contributed by atoms with van der Waals surface area (Å²) in [4.78, 5) is 27.5. The van der Waals surface area contributed by atoms with Crippen LogP contribution in [-0.4, -0.2) is 30.1 Å². The Hall–Kier alpha value is -3.54. The van der Waals surface area contributed by atoms with Crippen molar-refractivity contribution in [3.8, 4) is 0 Å². The zero-order valence-corrected chi connectivity index (χ0v) is 17.7. The second-order valence-corrected chi connectivity index (χ2v) is 7.09. The zero-order chi connectivity index (χ0) is 21.9. The Morgan fingerprint density at radius 1 is 1.03 bits per heavy atom. The van der Waals surface area contributed by atoms with Gasteiger partial charge in [-0.15, -0.1) is 0 Å². The summed E-state index contributed by atoms with van der Waals surface area (Å²) in [5.74, 6) is -0.900. The molecule has 0 aliphatic rings. The molecule has 162 valence electrons. The lowest BCUT2D eigenvalue weighted by atomic mass is 10.1. The zero-order valence-electron chi connectivity index (χ0n) is 17.7. The van der Waals surface area contributed by atoms with Crippen LogP contribution >= 0.6 is 0 Å². The normalized spacial score (nSPS) is 11.3. The van der Waals surface area contributed by atoms with Gasteiger partial charge in [0.05, 0.1) is 6.61 Å². The van der Waals surface area contributed by atoms with Crippen LogP contribution < -0.4 is 5.32 Å². The number of nitrogens with one attached hydrogen (secondary N) is 2. The molecule has 0 aliphatic carbocycles. The Bertz CT molecular complexity index is 1020. The largest absolute Gasteiger partial charge is 0.461 e. The van der Waals surface area contributed by atoms with Gasteiger partial charge in [0, 0.05) is 17.1 Å². The van der Waals surface area contributed by atoms with Crippen molar-refractivity contribution < 1.29 is 19.1 Å². The monoisotopic (exact) mass is 420 g/mol. The Morgan fingerprint density at radius 3 is 2.61 bits per heavy atom. The predicted molar refractivity (Wildman–Crippen MR) is 120 cm³/mol. The highest BCUT2D eigenvalue weighted by atomic mass is 16.5. The van der Waals surface area contributed by atoms with Gasteiger partial charge in [-0.1, -0.05) is 54.6 Å². The number of esters is 2. The summed E-state index contributed by atoms with van der Waals surface area (Å²) in [6, 6.07) is 17.6. The molecule has 6 heteroatoms. The van der Waals surface area contributed by atoms with Gasteiger partial charge in [-0.3, -0.25) is 4.79 Å². The summed E-state index contributed by atoms with van der Waals surface area (Å²) in [6.45, 7) is 2.12. The van der Waals surface area contributed by atoms with E-state index in [0.29, 0.717) is 6.42 Å². The first-order chi connectivity index (χ1) is 15.2. The number of para-hydroxylation sites is 1. The van der Waals surface area contributed by atoms with Crippen molar-refractivity contribution in [2.24, 2.45) is 0 Å². The molecule has 0 aliphatic heterocycles. The molecule has 0 saturated heterocycles. The lowest BCUT2D eigenvalue weighted by molar-refractivity contribution is -0.143. The topological polar surface area (TPSA) is 80.4 Å². The SMILES string of the molecule is CCOC(=O)/C(=C/CCCc1c[nH]c2ccccc12)NCC(=O)OCc1ccccc1.